The van der Waals surface area contributed by atoms with Crippen LogP contribution < -0.4 is 5.32 Å². The molecule has 1 saturated carbocycles. The zero-order valence-electron chi connectivity index (χ0n) is 12.5. The SMILES string of the molecule is CCC(NCC1(C)CCCCC1)c1ccc(Cl)cc1Cl. The molecule has 1 unspecified atom stereocenters. The molecule has 1 atom stereocenters. The third-order valence-corrected chi connectivity index (χ3v) is 5.14. The van der Waals surface area contributed by atoms with Crippen LogP contribution >= 0.6 is 23.2 Å². The third-order valence-electron chi connectivity index (χ3n) is 4.58. The van der Waals surface area contributed by atoms with Gasteiger partial charge in [-0.3, -0.25) is 0 Å². The molecule has 1 nitrogen and oxygen atoms in total. The standard InChI is InChI=1S/C17H25Cl2N/c1-3-16(14-8-7-13(18)11-15(14)19)20-12-17(2)9-5-4-6-10-17/h7-8,11,16,20H,3-6,9-10,12H2,1-2H3. The van der Waals surface area contributed by atoms with Gasteiger partial charge in [-0.2, -0.15) is 0 Å². The van der Waals surface area contributed by atoms with Gasteiger partial charge in [0.05, 0.1) is 0 Å². The van der Waals surface area contributed by atoms with E-state index in [9.17, 15) is 0 Å². The molecule has 0 aromatic heterocycles. The van der Waals surface area contributed by atoms with Crippen LogP contribution in [-0.4, -0.2) is 6.54 Å². The second kappa shape index (κ2) is 7.15. The number of rotatable bonds is 5. The van der Waals surface area contributed by atoms with Crippen molar-refractivity contribution in [2.45, 2.75) is 58.4 Å². The Morgan fingerprint density at radius 3 is 2.50 bits per heavy atom. The van der Waals surface area contributed by atoms with Gasteiger partial charge in [0.1, 0.15) is 0 Å². The molecule has 0 bridgehead atoms. The van der Waals surface area contributed by atoms with Crippen LogP contribution in [0.5, 0.6) is 0 Å². The monoisotopic (exact) mass is 313 g/mol. The zero-order valence-corrected chi connectivity index (χ0v) is 14.0. The van der Waals surface area contributed by atoms with E-state index in [1.54, 1.807) is 0 Å². The molecule has 0 saturated heterocycles. The molecular formula is C17H25Cl2N. The van der Waals surface area contributed by atoms with Crippen LogP contribution in [0.2, 0.25) is 10.0 Å². The molecule has 0 spiro atoms. The van der Waals surface area contributed by atoms with Crippen molar-refractivity contribution >= 4 is 23.2 Å². The summed E-state index contributed by atoms with van der Waals surface area (Å²) in [7, 11) is 0. The molecule has 1 fully saturated rings. The first kappa shape index (κ1) is 16.1. The van der Waals surface area contributed by atoms with Crippen LogP contribution in [0.3, 0.4) is 0 Å². The summed E-state index contributed by atoms with van der Waals surface area (Å²) in [5.41, 5.74) is 1.61. The Bertz CT molecular complexity index is 439. The van der Waals surface area contributed by atoms with Crippen molar-refractivity contribution < 1.29 is 0 Å². The minimum absolute atomic E-state index is 0.318. The molecule has 20 heavy (non-hydrogen) atoms. The fraction of sp³-hybridized carbons (Fsp3) is 0.647. The first-order valence-electron chi connectivity index (χ1n) is 7.72. The van der Waals surface area contributed by atoms with Gasteiger partial charge in [-0.25, -0.2) is 0 Å². The molecule has 3 heteroatoms. The maximum Gasteiger partial charge on any atom is 0.0468 e. The van der Waals surface area contributed by atoms with E-state index in [1.165, 1.54) is 32.1 Å². The molecule has 112 valence electrons. The highest BCUT2D eigenvalue weighted by Crippen LogP contribution is 2.36. The number of nitrogens with one attached hydrogen (secondary N) is 1. The maximum absolute atomic E-state index is 6.33. The highest BCUT2D eigenvalue weighted by Gasteiger charge is 2.27. The van der Waals surface area contributed by atoms with Gasteiger partial charge < -0.3 is 5.32 Å². The van der Waals surface area contributed by atoms with E-state index in [-0.39, 0.29) is 0 Å². The van der Waals surface area contributed by atoms with Crippen molar-refractivity contribution in [3.8, 4) is 0 Å². The number of hydrogen-bond donors (Lipinski definition) is 1. The highest BCUT2D eigenvalue weighted by atomic mass is 35.5. The summed E-state index contributed by atoms with van der Waals surface area (Å²) in [4.78, 5) is 0. The van der Waals surface area contributed by atoms with Gasteiger partial charge in [-0.05, 0) is 42.4 Å². The van der Waals surface area contributed by atoms with E-state index in [0.717, 1.165) is 23.6 Å². The summed E-state index contributed by atoms with van der Waals surface area (Å²) in [6, 6.07) is 6.13. The molecule has 1 aromatic rings. The predicted molar refractivity (Wildman–Crippen MR) is 88.7 cm³/mol. The smallest absolute Gasteiger partial charge is 0.0468 e. The summed E-state index contributed by atoms with van der Waals surface area (Å²) in [5.74, 6) is 0. The Morgan fingerprint density at radius 2 is 1.90 bits per heavy atom. The van der Waals surface area contributed by atoms with Crippen molar-refractivity contribution in [3.63, 3.8) is 0 Å². The van der Waals surface area contributed by atoms with Crippen molar-refractivity contribution in [1.29, 1.82) is 0 Å². The number of halogens is 2. The lowest BCUT2D eigenvalue weighted by atomic mass is 9.75. The Kier molecular flexibility index (Phi) is 5.77. The van der Waals surface area contributed by atoms with Gasteiger partial charge in [-0.1, -0.05) is 62.4 Å². The van der Waals surface area contributed by atoms with Gasteiger partial charge in [0.15, 0.2) is 0 Å². The molecule has 1 aromatic carbocycles. The van der Waals surface area contributed by atoms with Gasteiger partial charge in [-0.15, -0.1) is 0 Å². The van der Waals surface area contributed by atoms with Crippen molar-refractivity contribution in [1.82, 2.24) is 5.32 Å². The molecule has 1 aliphatic carbocycles. The minimum atomic E-state index is 0.318. The van der Waals surface area contributed by atoms with Crippen LogP contribution in [0.4, 0.5) is 0 Å². The van der Waals surface area contributed by atoms with Gasteiger partial charge in [0, 0.05) is 22.6 Å². The summed E-state index contributed by atoms with van der Waals surface area (Å²) < 4.78 is 0. The molecule has 0 heterocycles. The second-order valence-electron chi connectivity index (χ2n) is 6.38. The van der Waals surface area contributed by atoms with E-state index >= 15 is 0 Å². The van der Waals surface area contributed by atoms with Crippen LogP contribution in [0.25, 0.3) is 0 Å². The van der Waals surface area contributed by atoms with Crippen molar-refractivity contribution in [2.24, 2.45) is 5.41 Å². The van der Waals surface area contributed by atoms with E-state index in [1.807, 2.05) is 12.1 Å². The Balaban J connectivity index is 2.01. The largest absolute Gasteiger partial charge is 0.309 e. The van der Waals surface area contributed by atoms with E-state index in [4.69, 9.17) is 23.2 Å². The molecule has 2 rings (SSSR count). The zero-order chi connectivity index (χ0) is 14.6. The van der Waals surface area contributed by atoms with E-state index in [0.29, 0.717) is 16.5 Å². The number of benzene rings is 1. The van der Waals surface area contributed by atoms with Gasteiger partial charge in [0.25, 0.3) is 0 Å². The van der Waals surface area contributed by atoms with Crippen LogP contribution in [0.1, 0.15) is 64.0 Å². The Labute approximate surface area is 133 Å². The maximum atomic E-state index is 6.33. The Morgan fingerprint density at radius 1 is 1.20 bits per heavy atom. The normalized spacial score (nSPS) is 19.8. The first-order valence-corrected chi connectivity index (χ1v) is 8.48. The summed E-state index contributed by atoms with van der Waals surface area (Å²) in [6.07, 6.45) is 7.86. The molecular weight excluding hydrogens is 289 g/mol. The summed E-state index contributed by atoms with van der Waals surface area (Å²) >= 11 is 12.3. The predicted octanol–water partition coefficient (Wildman–Crippen LogP) is 6.00. The lowest BCUT2D eigenvalue weighted by molar-refractivity contribution is 0.199. The minimum Gasteiger partial charge on any atom is -0.309 e. The summed E-state index contributed by atoms with van der Waals surface area (Å²) in [5, 5.41) is 5.20. The molecule has 0 amide bonds. The van der Waals surface area contributed by atoms with Crippen LogP contribution in [0, 0.1) is 5.41 Å². The molecule has 0 aliphatic heterocycles. The highest BCUT2D eigenvalue weighted by molar-refractivity contribution is 6.35. The average Bonchev–Trinajstić information content (AvgIpc) is 2.42. The average molecular weight is 314 g/mol. The fourth-order valence-corrected chi connectivity index (χ4v) is 3.75. The fourth-order valence-electron chi connectivity index (χ4n) is 3.21. The quantitative estimate of drug-likeness (QED) is 0.702. The molecule has 1 aliphatic rings. The van der Waals surface area contributed by atoms with Crippen LogP contribution in [0.15, 0.2) is 18.2 Å². The Hall–Kier alpha value is -0.240. The van der Waals surface area contributed by atoms with Gasteiger partial charge in [0.2, 0.25) is 0 Å². The first-order chi connectivity index (χ1) is 9.54. The molecule has 0 radical (unpaired) electrons. The van der Waals surface area contributed by atoms with Crippen molar-refractivity contribution in [3.05, 3.63) is 33.8 Å². The van der Waals surface area contributed by atoms with E-state index in [2.05, 4.69) is 25.2 Å². The van der Waals surface area contributed by atoms with E-state index < -0.39 is 0 Å². The topological polar surface area (TPSA) is 12.0 Å². The number of hydrogen-bond acceptors (Lipinski definition) is 1. The summed E-state index contributed by atoms with van der Waals surface area (Å²) in [6.45, 7) is 5.69. The second-order valence-corrected chi connectivity index (χ2v) is 7.22. The third kappa shape index (κ3) is 4.13. The van der Waals surface area contributed by atoms with Crippen LogP contribution in [-0.2, 0) is 0 Å². The van der Waals surface area contributed by atoms with Gasteiger partial charge >= 0.3 is 0 Å². The lowest BCUT2D eigenvalue weighted by Gasteiger charge is -2.35. The molecule has 1 N–H and O–H groups in total. The lowest BCUT2D eigenvalue weighted by Crippen LogP contribution is -2.35. The van der Waals surface area contributed by atoms with Crippen molar-refractivity contribution in [2.75, 3.05) is 6.54 Å².